The zero-order valence-corrected chi connectivity index (χ0v) is 51.8. The van der Waals surface area contributed by atoms with Gasteiger partial charge in [-0.15, -0.1) is 0 Å². The molecule has 31 heteroatoms. The number of urea groups is 1. The largest absolute Gasteiger partial charge is 0.508 e. The number of benzene rings is 4. The third-order valence-corrected chi connectivity index (χ3v) is 14.6. The Morgan fingerprint density at radius 2 is 0.926 bits per heavy atom. The van der Waals surface area contributed by atoms with Gasteiger partial charge in [0.1, 0.15) is 54.1 Å². The predicted molar refractivity (Wildman–Crippen MR) is 341 cm³/mol. The van der Waals surface area contributed by atoms with Crippen LogP contribution in [0.1, 0.15) is 68.2 Å². The summed E-state index contributed by atoms with van der Waals surface area (Å²) in [5.41, 5.74) is 30.8. The van der Waals surface area contributed by atoms with E-state index >= 15 is 0 Å². The number of hydrogen-bond acceptors (Lipinski definition) is 16. The van der Waals surface area contributed by atoms with Crippen LogP contribution >= 0.6 is 0 Å². The molecular weight excluding hydrogens is 1220 g/mol. The normalized spacial score (nSPS) is 13.9. The Hall–Kier alpha value is -11.0. The second kappa shape index (κ2) is 36.8. The van der Waals surface area contributed by atoms with Crippen molar-refractivity contribution in [3.05, 3.63) is 138 Å². The highest BCUT2D eigenvalue weighted by molar-refractivity contribution is 6.00. The van der Waals surface area contributed by atoms with Crippen molar-refractivity contribution in [2.24, 2.45) is 34.6 Å². The van der Waals surface area contributed by atoms with Gasteiger partial charge in [0, 0.05) is 42.9 Å². The summed E-state index contributed by atoms with van der Waals surface area (Å²) >= 11 is 0. The number of phenols is 1. The number of aromatic amines is 1. The first-order valence-electron chi connectivity index (χ1n) is 30.1. The number of carbonyl (C=O) groups excluding carboxylic acids is 13. The highest BCUT2D eigenvalue weighted by Crippen LogP contribution is 2.20. The fourth-order valence-electron chi connectivity index (χ4n) is 9.79. The molecule has 23 N–H and O–H groups in total. The molecule has 5 rings (SSSR count). The summed E-state index contributed by atoms with van der Waals surface area (Å²) in [6, 6.07) is 14.9. The van der Waals surface area contributed by atoms with Crippen LogP contribution in [0, 0.1) is 5.92 Å². The Labute approximate surface area is 540 Å². The first-order chi connectivity index (χ1) is 44.7. The maximum absolute atomic E-state index is 14.5. The van der Waals surface area contributed by atoms with Crippen LogP contribution in [0.3, 0.4) is 0 Å². The van der Waals surface area contributed by atoms with Gasteiger partial charge < -0.3 is 97.0 Å². The van der Waals surface area contributed by atoms with Crippen LogP contribution in [-0.4, -0.2) is 166 Å². The monoisotopic (exact) mass is 1300 g/mol. The van der Waals surface area contributed by atoms with Crippen LogP contribution in [-0.2, 0) is 83.2 Å². The molecule has 0 saturated heterocycles. The molecule has 1 heterocycles. The Morgan fingerprint density at radius 1 is 0.468 bits per heavy atom. The van der Waals surface area contributed by atoms with Gasteiger partial charge in [0.2, 0.25) is 70.9 Å². The van der Waals surface area contributed by atoms with Gasteiger partial charge in [-0.25, -0.2) is 4.79 Å². The van der Waals surface area contributed by atoms with Gasteiger partial charge in [0.15, 0.2) is 0 Å². The second-order valence-corrected chi connectivity index (χ2v) is 22.7. The molecule has 0 aliphatic heterocycles. The Bertz CT molecular complexity index is 3460. The molecule has 31 nitrogen and oxygen atoms in total. The van der Waals surface area contributed by atoms with Crippen LogP contribution in [0.2, 0.25) is 0 Å². The standard InChI is InChI=1S/C63H82N16O15/c1-34(2)24-45(58(89)73-43(18-11-23-69-63(68)94)57(88)74-44(54(67)85)26-35-12-5-3-6-13-35)72-53(84)32-71-56(87)46(27-36-14-7-4-8-15-36)76-62(93)50(33-80)79-61(92)49(30-52(66)83)78-59(90)47(28-38-31-70-42-17-10-9-16-40(38)42)77-60(91)48(29-51(65)82)75-55(86)41(64)25-37-19-21-39(81)22-20-37/h3-10,12-17,19-22,31,34,41,43-50,70,80-81H,11,18,23-30,32-33,64H2,1-2H3,(H2,65,82)(H2,66,83)(H2,67,85)(H,71,87)(H,72,84)(H,73,89)(H,74,88)(H,75,86)(H,76,93)(H,77,91)(H,78,90)(H,79,92)(H3,68,69,94)/t41-,43-,44-,45-,46-,47-,48-,49-,50-/m0/s1. The van der Waals surface area contributed by atoms with Gasteiger partial charge in [-0.2, -0.15) is 0 Å². The van der Waals surface area contributed by atoms with Crippen LogP contribution in [0.15, 0.2) is 115 Å². The van der Waals surface area contributed by atoms with Crippen LogP contribution in [0.4, 0.5) is 4.79 Å². The number of amides is 14. The molecule has 14 amide bonds. The number of aromatic hydroxyl groups is 1. The van der Waals surface area contributed by atoms with E-state index in [9.17, 15) is 72.5 Å². The third-order valence-electron chi connectivity index (χ3n) is 14.6. The van der Waals surface area contributed by atoms with Gasteiger partial charge in [0.05, 0.1) is 32.0 Å². The second-order valence-electron chi connectivity index (χ2n) is 22.7. The average molecular weight is 1300 g/mol. The minimum Gasteiger partial charge on any atom is -0.508 e. The molecule has 0 unspecified atom stereocenters. The number of fused-ring (bicyclic) bond motifs is 1. The van der Waals surface area contributed by atoms with Gasteiger partial charge >= 0.3 is 6.03 Å². The van der Waals surface area contributed by atoms with Crippen molar-refractivity contribution >= 4 is 87.8 Å². The number of rotatable bonds is 38. The van der Waals surface area contributed by atoms with Crippen molar-refractivity contribution in [1.82, 2.24) is 58.2 Å². The minimum absolute atomic E-state index is 0.0134. The molecule has 94 heavy (non-hydrogen) atoms. The van der Waals surface area contributed by atoms with Crippen molar-refractivity contribution in [3.63, 3.8) is 0 Å². The molecule has 0 spiro atoms. The van der Waals surface area contributed by atoms with E-state index in [-0.39, 0.29) is 63.2 Å². The summed E-state index contributed by atoms with van der Waals surface area (Å²) in [7, 11) is 0. The Kier molecular flexibility index (Phi) is 28.9. The van der Waals surface area contributed by atoms with E-state index < -0.39 is 157 Å². The SMILES string of the molecule is CC(C)C[C@H](NC(=O)CNC(=O)[C@H](Cc1ccccc1)NC(=O)[C@H](CO)NC(=O)[C@H](CC(N)=O)NC(=O)[C@H](Cc1c[nH]c2ccccc12)NC(=O)[C@H](CC(N)=O)NC(=O)[C@@H](N)Cc1ccc(O)cc1)C(=O)N[C@@H](CCCNC(N)=O)C(=O)N[C@@H](Cc1ccccc1)C(N)=O. The number of aromatic nitrogens is 1. The molecule has 0 bridgehead atoms. The summed E-state index contributed by atoms with van der Waals surface area (Å²) in [6.07, 6.45) is -0.636. The summed E-state index contributed by atoms with van der Waals surface area (Å²) in [4.78, 5) is 177. The van der Waals surface area contributed by atoms with Gasteiger partial charge in [-0.05, 0) is 72.1 Å². The number of phenolic OH excluding ortho intramolecular Hbond substituents is 1. The van der Waals surface area contributed by atoms with E-state index in [1.165, 1.54) is 24.3 Å². The summed E-state index contributed by atoms with van der Waals surface area (Å²) < 4.78 is 0. The van der Waals surface area contributed by atoms with E-state index in [1.54, 1.807) is 105 Å². The number of aliphatic hydroxyl groups excluding tert-OH is 1. The highest BCUT2D eigenvalue weighted by Gasteiger charge is 2.36. The number of aliphatic hydroxyl groups is 1. The first kappa shape index (κ1) is 73.8. The molecule has 0 saturated carbocycles. The van der Waals surface area contributed by atoms with Gasteiger partial charge in [-0.3, -0.25) is 57.5 Å². The van der Waals surface area contributed by atoms with Crippen molar-refractivity contribution in [2.75, 3.05) is 19.7 Å². The lowest BCUT2D eigenvalue weighted by molar-refractivity contribution is -0.136. The third kappa shape index (κ3) is 24.7. The zero-order valence-electron chi connectivity index (χ0n) is 51.8. The lowest BCUT2D eigenvalue weighted by Crippen LogP contribution is -2.61. The molecule has 9 atom stereocenters. The quantitative estimate of drug-likeness (QED) is 0.0169. The summed E-state index contributed by atoms with van der Waals surface area (Å²) in [5.74, 6) is -12.3. The number of hydrogen-bond donors (Lipinski definition) is 18. The van der Waals surface area contributed by atoms with Gasteiger partial charge in [0.25, 0.3) is 0 Å². The number of para-hydroxylation sites is 1. The molecule has 5 aromatic rings. The summed E-state index contributed by atoms with van der Waals surface area (Å²) in [5, 5.41) is 45.4. The van der Waals surface area contributed by atoms with Crippen LogP contribution in [0.25, 0.3) is 10.9 Å². The molecule has 0 aliphatic carbocycles. The van der Waals surface area contributed by atoms with E-state index in [0.717, 1.165) is 0 Å². The molecule has 1 aromatic heterocycles. The molecule has 0 radical (unpaired) electrons. The number of carbonyl (C=O) groups is 13. The van der Waals surface area contributed by atoms with Crippen LogP contribution in [0.5, 0.6) is 5.75 Å². The maximum atomic E-state index is 14.5. The van der Waals surface area contributed by atoms with Crippen molar-refractivity contribution in [1.29, 1.82) is 0 Å². The lowest BCUT2D eigenvalue weighted by atomic mass is 10.0. The minimum atomic E-state index is -1.91. The van der Waals surface area contributed by atoms with E-state index in [1.807, 2.05) is 0 Å². The average Bonchev–Trinajstić information content (AvgIpc) is 1.69. The topological polar surface area (TPSA) is 529 Å². The fraction of sp³-hybridized carbons (Fsp3) is 0.381. The number of nitrogens with two attached hydrogens (primary N) is 5. The van der Waals surface area contributed by atoms with E-state index in [4.69, 9.17) is 28.7 Å². The summed E-state index contributed by atoms with van der Waals surface area (Å²) in [6.45, 7) is 1.61. The molecular formula is C63H82N16O15. The van der Waals surface area contributed by atoms with Crippen LogP contribution < -0.4 is 81.8 Å². The molecule has 0 aliphatic rings. The van der Waals surface area contributed by atoms with Crippen molar-refractivity contribution < 1.29 is 72.5 Å². The maximum Gasteiger partial charge on any atom is 0.312 e. The molecule has 0 fully saturated rings. The number of primary amides is 4. The predicted octanol–water partition coefficient (Wildman–Crippen LogP) is -3.81. The number of H-pyrrole nitrogens is 1. The van der Waals surface area contributed by atoms with E-state index in [2.05, 4.69) is 58.2 Å². The van der Waals surface area contributed by atoms with E-state index in [0.29, 0.717) is 33.2 Å². The molecule has 4 aromatic carbocycles. The highest BCUT2D eigenvalue weighted by atomic mass is 16.3. The lowest BCUT2D eigenvalue weighted by Gasteiger charge is -2.27. The van der Waals surface area contributed by atoms with Crippen molar-refractivity contribution in [3.8, 4) is 5.75 Å². The smallest absolute Gasteiger partial charge is 0.312 e. The number of nitrogens with one attached hydrogen (secondary N) is 11. The fourth-order valence-corrected chi connectivity index (χ4v) is 9.79. The van der Waals surface area contributed by atoms with Gasteiger partial charge in [-0.1, -0.05) is 105 Å². The zero-order chi connectivity index (χ0) is 69.0. The van der Waals surface area contributed by atoms with Crippen molar-refractivity contribution in [2.45, 2.75) is 126 Å². The first-order valence-corrected chi connectivity index (χ1v) is 30.1. The Morgan fingerprint density at radius 3 is 1.48 bits per heavy atom. The molecule has 504 valence electrons. The Balaban J connectivity index is 1.30.